The molecule has 2 fully saturated rings. The molecule has 1 heterocycles. The van der Waals surface area contributed by atoms with Gasteiger partial charge in [-0.25, -0.2) is 0 Å². The van der Waals surface area contributed by atoms with Gasteiger partial charge < -0.3 is 10.2 Å². The molecule has 2 rings (SSSR count). The quantitative estimate of drug-likeness (QED) is 0.772. The molecule has 94 valence electrons. The molecular weight excluding hydrogens is 196 g/mol. The van der Waals surface area contributed by atoms with Gasteiger partial charge in [-0.2, -0.15) is 0 Å². The average molecular weight is 224 g/mol. The van der Waals surface area contributed by atoms with E-state index < -0.39 is 0 Å². The first-order chi connectivity index (χ1) is 7.79. The minimum Gasteiger partial charge on any atom is -0.316 e. The lowest BCUT2D eigenvalue weighted by Crippen LogP contribution is -2.48. The van der Waals surface area contributed by atoms with Gasteiger partial charge in [-0.05, 0) is 63.6 Å². The third kappa shape index (κ3) is 3.21. The van der Waals surface area contributed by atoms with Crippen LogP contribution in [0.4, 0.5) is 0 Å². The summed E-state index contributed by atoms with van der Waals surface area (Å²) in [6.07, 6.45) is 7.02. The fourth-order valence-electron chi connectivity index (χ4n) is 3.28. The van der Waals surface area contributed by atoms with Gasteiger partial charge in [0.25, 0.3) is 0 Å². The topological polar surface area (TPSA) is 15.3 Å². The Balaban J connectivity index is 1.77. The van der Waals surface area contributed by atoms with Gasteiger partial charge in [0, 0.05) is 12.6 Å². The predicted molar refractivity (Wildman–Crippen MR) is 69.6 cm³/mol. The van der Waals surface area contributed by atoms with Crippen LogP contribution in [0.15, 0.2) is 0 Å². The van der Waals surface area contributed by atoms with Gasteiger partial charge in [0.15, 0.2) is 0 Å². The van der Waals surface area contributed by atoms with Crippen LogP contribution in [0.3, 0.4) is 0 Å². The summed E-state index contributed by atoms with van der Waals surface area (Å²) in [7, 11) is 0. The third-order valence-electron chi connectivity index (χ3n) is 4.27. The van der Waals surface area contributed by atoms with E-state index >= 15 is 0 Å². The largest absolute Gasteiger partial charge is 0.316 e. The molecule has 2 nitrogen and oxygen atoms in total. The van der Waals surface area contributed by atoms with Crippen molar-refractivity contribution in [3.8, 4) is 0 Å². The number of nitrogens with zero attached hydrogens (tertiary/aromatic N) is 1. The van der Waals surface area contributed by atoms with E-state index in [1.54, 1.807) is 0 Å². The van der Waals surface area contributed by atoms with Gasteiger partial charge in [-0.1, -0.05) is 13.8 Å². The Morgan fingerprint density at radius 1 is 1.31 bits per heavy atom. The standard InChI is InChI=1S/C14H28N2/c1-3-7-16(14-8-12(2)9-14)11-13-5-4-6-15-10-13/h12-15H,3-11H2,1-2H3. The van der Waals surface area contributed by atoms with Crippen molar-refractivity contribution in [1.82, 2.24) is 10.2 Å². The van der Waals surface area contributed by atoms with Crippen molar-refractivity contribution in [3.05, 3.63) is 0 Å². The van der Waals surface area contributed by atoms with Crippen molar-refractivity contribution in [2.45, 2.75) is 52.0 Å². The molecule has 1 atom stereocenters. The second-order valence-corrected chi connectivity index (χ2v) is 5.94. The summed E-state index contributed by atoms with van der Waals surface area (Å²) in [4.78, 5) is 2.78. The van der Waals surface area contributed by atoms with Gasteiger partial charge >= 0.3 is 0 Å². The number of hydrogen-bond acceptors (Lipinski definition) is 2. The van der Waals surface area contributed by atoms with Crippen molar-refractivity contribution in [2.24, 2.45) is 11.8 Å². The molecule has 0 amide bonds. The van der Waals surface area contributed by atoms with Crippen molar-refractivity contribution >= 4 is 0 Å². The second-order valence-electron chi connectivity index (χ2n) is 5.94. The van der Waals surface area contributed by atoms with E-state index in [2.05, 4.69) is 24.1 Å². The van der Waals surface area contributed by atoms with E-state index in [0.717, 1.165) is 17.9 Å². The smallest absolute Gasteiger partial charge is 0.0100 e. The summed E-state index contributed by atoms with van der Waals surface area (Å²) in [6, 6.07) is 0.914. The molecule has 1 aliphatic heterocycles. The molecule has 0 aromatic carbocycles. The Hall–Kier alpha value is -0.0800. The van der Waals surface area contributed by atoms with Crippen LogP contribution >= 0.6 is 0 Å². The number of nitrogens with one attached hydrogen (secondary N) is 1. The van der Waals surface area contributed by atoms with Crippen molar-refractivity contribution in [2.75, 3.05) is 26.2 Å². The minimum absolute atomic E-state index is 0.913. The normalized spacial score (nSPS) is 35.1. The number of hydrogen-bond donors (Lipinski definition) is 1. The molecule has 2 aliphatic rings. The maximum atomic E-state index is 3.54. The van der Waals surface area contributed by atoms with Gasteiger partial charge in [0.1, 0.15) is 0 Å². The summed E-state index contributed by atoms with van der Waals surface area (Å²) >= 11 is 0. The van der Waals surface area contributed by atoms with Crippen molar-refractivity contribution in [1.29, 1.82) is 0 Å². The first-order valence-electron chi connectivity index (χ1n) is 7.24. The molecule has 0 radical (unpaired) electrons. The summed E-state index contributed by atoms with van der Waals surface area (Å²) in [5, 5.41) is 3.54. The monoisotopic (exact) mass is 224 g/mol. The first-order valence-corrected chi connectivity index (χ1v) is 7.24. The second kappa shape index (κ2) is 6.02. The Morgan fingerprint density at radius 3 is 2.69 bits per heavy atom. The van der Waals surface area contributed by atoms with Crippen LogP contribution in [0.1, 0.15) is 46.0 Å². The highest BCUT2D eigenvalue weighted by atomic mass is 15.2. The number of piperidine rings is 1. The molecule has 0 aromatic rings. The SMILES string of the molecule is CCCN(CC1CCCNC1)C1CC(C)C1. The molecule has 0 bridgehead atoms. The number of rotatable bonds is 5. The highest BCUT2D eigenvalue weighted by Gasteiger charge is 2.31. The maximum Gasteiger partial charge on any atom is 0.0100 e. The lowest BCUT2D eigenvalue weighted by atomic mass is 9.80. The lowest BCUT2D eigenvalue weighted by molar-refractivity contribution is 0.0670. The van der Waals surface area contributed by atoms with Gasteiger partial charge in [0.2, 0.25) is 0 Å². The molecule has 1 saturated carbocycles. The maximum absolute atomic E-state index is 3.54. The average Bonchev–Trinajstić information content (AvgIpc) is 2.26. The van der Waals surface area contributed by atoms with Crippen LogP contribution < -0.4 is 5.32 Å². The predicted octanol–water partition coefficient (Wildman–Crippen LogP) is 2.50. The molecule has 0 spiro atoms. The van der Waals surface area contributed by atoms with E-state index in [0.29, 0.717) is 0 Å². The van der Waals surface area contributed by atoms with Gasteiger partial charge in [0.05, 0.1) is 0 Å². The minimum atomic E-state index is 0.913. The van der Waals surface area contributed by atoms with Crippen LogP contribution in [0, 0.1) is 11.8 Å². The summed E-state index contributed by atoms with van der Waals surface area (Å²) in [5.41, 5.74) is 0. The van der Waals surface area contributed by atoms with Crippen molar-refractivity contribution < 1.29 is 0 Å². The van der Waals surface area contributed by atoms with E-state index in [4.69, 9.17) is 0 Å². The molecule has 2 heteroatoms. The Kier molecular flexibility index (Phi) is 4.66. The summed E-state index contributed by atoms with van der Waals surface area (Å²) in [6.45, 7) is 9.86. The van der Waals surface area contributed by atoms with E-state index in [9.17, 15) is 0 Å². The molecule has 0 aromatic heterocycles. The Labute approximate surface area is 101 Å². The lowest BCUT2D eigenvalue weighted by Gasteiger charge is -2.43. The molecule has 1 unspecified atom stereocenters. The van der Waals surface area contributed by atoms with Crippen LogP contribution in [0.2, 0.25) is 0 Å². The molecule has 16 heavy (non-hydrogen) atoms. The van der Waals surface area contributed by atoms with Crippen LogP contribution in [0.25, 0.3) is 0 Å². The summed E-state index contributed by atoms with van der Waals surface area (Å²) < 4.78 is 0. The van der Waals surface area contributed by atoms with Crippen molar-refractivity contribution in [3.63, 3.8) is 0 Å². The summed E-state index contributed by atoms with van der Waals surface area (Å²) in [5.74, 6) is 1.89. The van der Waals surface area contributed by atoms with Gasteiger partial charge in [-0.3, -0.25) is 0 Å². The fourth-order valence-corrected chi connectivity index (χ4v) is 3.28. The molecule has 1 N–H and O–H groups in total. The zero-order valence-electron chi connectivity index (χ0n) is 11.0. The fraction of sp³-hybridized carbons (Fsp3) is 1.00. The highest BCUT2D eigenvalue weighted by molar-refractivity contribution is 4.86. The molecular formula is C14H28N2. The Bertz CT molecular complexity index is 191. The van der Waals surface area contributed by atoms with E-state index in [-0.39, 0.29) is 0 Å². The molecule has 1 aliphatic carbocycles. The van der Waals surface area contributed by atoms with Gasteiger partial charge in [-0.15, -0.1) is 0 Å². The van der Waals surface area contributed by atoms with E-state index in [1.807, 2.05) is 0 Å². The van der Waals surface area contributed by atoms with Crippen LogP contribution in [0.5, 0.6) is 0 Å². The van der Waals surface area contributed by atoms with Crippen LogP contribution in [-0.2, 0) is 0 Å². The van der Waals surface area contributed by atoms with Crippen LogP contribution in [-0.4, -0.2) is 37.1 Å². The zero-order chi connectivity index (χ0) is 11.4. The molecule has 1 saturated heterocycles. The first kappa shape index (κ1) is 12.4. The van der Waals surface area contributed by atoms with E-state index in [1.165, 1.54) is 58.3 Å². The zero-order valence-corrected chi connectivity index (χ0v) is 11.0. The highest BCUT2D eigenvalue weighted by Crippen LogP contribution is 2.32. The third-order valence-corrected chi connectivity index (χ3v) is 4.27. The Morgan fingerprint density at radius 2 is 2.12 bits per heavy atom.